The van der Waals surface area contributed by atoms with Gasteiger partial charge in [0.25, 0.3) is 0 Å². The zero-order chi connectivity index (χ0) is 14.7. The molecule has 0 bridgehead atoms. The predicted octanol–water partition coefficient (Wildman–Crippen LogP) is 1.99. The minimum absolute atomic E-state index is 0.408. The van der Waals surface area contributed by atoms with E-state index in [1.54, 1.807) is 0 Å². The van der Waals surface area contributed by atoms with Crippen LogP contribution in [0.15, 0.2) is 0 Å². The molecular formula is C16H29N3OS. The van der Waals surface area contributed by atoms with Gasteiger partial charge in [0.2, 0.25) is 0 Å². The summed E-state index contributed by atoms with van der Waals surface area (Å²) in [5, 5.41) is 4.51. The number of rotatable bonds is 3. The van der Waals surface area contributed by atoms with Crippen LogP contribution in [0.5, 0.6) is 0 Å². The Morgan fingerprint density at radius 2 is 2.05 bits per heavy atom. The van der Waals surface area contributed by atoms with Gasteiger partial charge in [-0.1, -0.05) is 19.8 Å². The highest BCUT2D eigenvalue weighted by Crippen LogP contribution is 2.28. The third kappa shape index (κ3) is 3.51. The lowest BCUT2D eigenvalue weighted by Crippen LogP contribution is -2.58. The molecule has 3 atom stereocenters. The molecule has 21 heavy (non-hydrogen) atoms. The topological polar surface area (TPSA) is 27.7 Å². The van der Waals surface area contributed by atoms with Gasteiger partial charge < -0.3 is 15.0 Å². The summed E-state index contributed by atoms with van der Waals surface area (Å²) in [5.41, 5.74) is 0. The molecule has 1 saturated carbocycles. The van der Waals surface area contributed by atoms with Crippen molar-refractivity contribution in [2.75, 3.05) is 32.8 Å². The van der Waals surface area contributed by atoms with Gasteiger partial charge in [-0.05, 0) is 51.0 Å². The number of nitrogens with zero attached hydrogens (tertiary/aromatic N) is 2. The molecule has 4 nitrogen and oxygen atoms in total. The first-order chi connectivity index (χ1) is 10.3. The molecule has 0 amide bonds. The number of nitrogens with one attached hydrogen (secondary N) is 1. The summed E-state index contributed by atoms with van der Waals surface area (Å²) in [4.78, 5) is 4.98. The quantitative estimate of drug-likeness (QED) is 0.805. The van der Waals surface area contributed by atoms with E-state index in [4.69, 9.17) is 17.0 Å². The molecule has 3 aliphatic rings. The molecule has 0 aromatic carbocycles. The molecule has 1 N–H and O–H groups in total. The highest BCUT2D eigenvalue weighted by atomic mass is 32.1. The van der Waals surface area contributed by atoms with Crippen molar-refractivity contribution in [3.63, 3.8) is 0 Å². The monoisotopic (exact) mass is 311 g/mol. The van der Waals surface area contributed by atoms with Crippen LogP contribution in [0.25, 0.3) is 0 Å². The van der Waals surface area contributed by atoms with Gasteiger partial charge in [0.05, 0.1) is 18.8 Å². The lowest BCUT2D eigenvalue weighted by atomic mass is 9.90. The van der Waals surface area contributed by atoms with Crippen LogP contribution in [0, 0.1) is 0 Å². The van der Waals surface area contributed by atoms with Crippen molar-refractivity contribution in [2.45, 2.75) is 63.6 Å². The van der Waals surface area contributed by atoms with Crippen LogP contribution in [0.1, 0.15) is 45.4 Å². The van der Waals surface area contributed by atoms with Gasteiger partial charge >= 0.3 is 0 Å². The third-order valence-corrected chi connectivity index (χ3v) is 5.77. The van der Waals surface area contributed by atoms with Crippen LogP contribution in [-0.4, -0.2) is 65.9 Å². The van der Waals surface area contributed by atoms with Gasteiger partial charge in [0, 0.05) is 19.1 Å². The molecule has 0 aromatic rings. The fourth-order valence-electron chi connectivity index (χ4n) is 4.20. The number of thiocarbonyl (C=S) groups is 1. The van der Waals surface area contributed by atoms with Crippen LogP contribution >= 0.6 is 12.2 Å². The van der Waals surface area contributed by atoms with Gasteiger partial charge in [0.1, 0.15) is 0 Å². The Labute approximate surface area is 134 Å². The van der Waals surface area contributed by atoms with E-state index in [1.807, 2.05) is 0 Å². The number of morpholine rings is 1. The van der Waals surface area contributed by atoms with Gasteiger partial charge in [0.15, 0.2) is 5.11 Å². The van der Waals surface area contributed by atoms with Crippen LogP contribution in [0.3, 0.4) is 0 Å². The molecule has 1 aliphatic carbocycles. The first kappa shape index (κ1) is 15.5. The number of fused-ring (bicyclic) bond motifs is 1. The van der Waals surface area contributed by atoms with Crippen molar-refractivity contribution in [3.05, 3.63) is 0 Å². The summed E-state index contributed by atoms with van der Waals surface area (Å²) in [7, 11) is 0. The molecule has 5 heteroatoms. The Hall–Kier alpha value is -0.390. The summed E-state index contributed by atoms with van der Waals surface area (Å²) in [6.45, 7) is 7.44. The Kier molecular flexibility index (Phi) is 5.35. The molecule has 0 radical (unpaired) electrons. The minimum atomic E-state index is 0.408. The largest absolute Gasteiger partial charge is 0.374 e. The predicted molar refractivity (Wildman–Crippen MR) is 89.6 cm³/mol. The molecule has 3 fully saturated rings. The summed E-state index contributed by atoms with van der Waals surface area (Å²) in [5.74, 6) is 0. The maximum absolute atomic E-state index is 5.94. The van der Waals surface area contributed by atoms with Gasteiger partial charge in [-0.15, -0.1) is 0 Å². The second-order valence-electron chi connectivity index (χ2n) is 6.57. The van der Waals surface area contributed by atoms with E-state index in [0.29, 0.717) is 18.2 Å². The number of hydrogen-bond acceptors (Lipinski definition) is 3. The summed E-state index contributed by atoms with van der Waals surface area (Å²) in [6.07, 6.45) is 8.10. The van der Waals surface area contributed by atoms with E-state index in [-0.39, 0.29) is 0 Å². The van der Waals surface area contributed by atoms with E-state index in [0.717, 1.165) is 31.4 Å². The second-order valence-corrected chi connectivity index (χ2v) is 6.95. The number of ether oxygens (including phenoxy) is 1. The van der Waals surface area contributed by atoms with E-state index in [9.17, 15) is 0 Å². The van der Waals surface area contributed by atoms with Crippen LogP contribution in [0.2, 0.25) is 0 Å². The molecule has 0 unspecified atom stereocenters. The number of likely N-dealkylation sites (tertiary alicyclic amines) is 1. The van der Waals surface area contributed by atoms with Crippen molar-refractivity contribution in [1.29, 1.82) is 0 Å². The van der Waals surface area contributed by atoms with Crippen LogP contribution < -0.4 is 5.32 Å². The molecule has 2 heterocycles. The molecule has 3 rings (SSSR count). The molecule has 0 aromatic heterocycles. The standard InChI is InChI=1S/C16H29N3OS/c1-2-18-9-5-6-13(18)12-17-16(21)19-10-11-20-15-8-4-3-7-14(15)19/h13-15H,2-12H2,1H3,(H,17,21)/t13-,14-,15+/m1/s1. The zero-order valence-electron chi connectivity index (χ0n) is 13.2. The average molecular weight is 311 g/mol. The number of likely N-dealkylation sites (N-methyl/N-ethyl adjacent to an activating group) is 1. The van der Waals surface area contributed by atoms with Crippen molar-refractivity contribution in [2.24, 2.45) is 0 Å². The van der Waals surface area contributed by atoms with Gasteiger partial charge in [-0.2, -0.15) is 0 Å². The molecular weight excluding hydrogens is 282 g/mol. The second kappa shape index (κ2) is 7.25. The van der Waals surface area contributed by atoms with Gasteiger partial charge in [-0.3, -0.25) is 4.90 Å². The van der Waals surface area contributed by atoms with Crippen LogP contribution in [0.4, 0.5) is 0 Å². The lowest BCUT2D eigenvalue weighted by molar-refractivity contribution is -0.0639. The van der Waals surface area contributed by atoms with Crippen molar-refractivity contribution >= 4 is 17.3 Å². The van der Waals surface area contributed by atoms with E-state index in [2.05, 4.69) is 22.0 Å². The zero-order valence-corrected chi connectivity index (χ0v) is 14.0. The van der Waals surface area contributed by atoms with E-state index in [1.165, 1.54) is 45.1 Å². The van der Waals surface area contributed by atoms with Crippen molar-refractivity contribution in [1.82, 2.24) is 15.1 Å². The van der Waals surface area contributed by atoms with E-state index < -0.39 is 0 Å². The number of hydrogen-bond donors (Lipinski definition) is 1. The SMILES string of the molecule is CCN1CCC[C@@H]1CNC(=S)N1CCO[C@H]2CCCC[C@H]21. The first-order valence-corrected chi connectivity index (χ1v) is 9.10. The van der Waals surface area contributed by atoms with Crippen molar-refractivity contribution in [3.8, 4) is 0 Å². The fraction of sp³-hybridized carbons (Fsp3) is 0.938. The Balaban J connectivity index is 1.52. The summed E-state index contributed by atoms with van der Waals surface area (Å²) in [6, 6.07) is 1.18. The smallest absolute Gasteiger partial charge is 0.169 e. The van der Waals surface area contributed by atoms with E-state index >= 15 is 0 Å². The molecule has 120 valence electrons. The Bertz CT molecular complexity index is 363. The normalized spacial score (nSPS) is 33.8. The summed E-state index contributed by atoms with van der Waals surface area (Å²) >= 11 is 5.69. The maximum Gasteiger partial charge on any atom is 0.169 e. The molecule has 2 aliphatic heterocycles. The maximum atomic E-state index is 5.94. The highest BCUT2D eigenvalue weighted by molar-refractivity contribution is 7.80. The molecule has 0 spiro atoms. The van der Waals surface area contributed by atoms with Crippen molar-refractivity contribution < 1.29 is 4.74 Å². The Morgan fingerprint density at radius 3 is 2.90 bits per heavy atom. The minimum Gasteiger partial charge on any atom is -0.374 e. The van der Waals surface area contributed by atoms with Crippen LogP contribution in [-0.2, 0) is 4.74 Å². The fourth-order valence-corrected chi connectivity index (χ4v) is 4.51. The Morgan fingerprint density at radius 1 is 1.19 bits per heavy atom. The average Bonchev–Trinajstić information content (AvgIpc) is 2.99. The summed E-state index contributed by atoms with van der Waals surface area (Å²) < 4.78 is 5.94. The third-order valence-electron chi connectivity index (χ3n) is 5.39. The molecule has 2 saturated heterocycles. The lowest BCUT2D eigenvalue weighted by Gasteiger charge is -2.45. The first-order valence-electron chi connectivity index (χ1n) is 8.69. The van der Waals surface area contributed by atoms with Gasteiger partial charge in [-0.25, -0.2) is 0 Å². The highest BCUT2D eigenvalue weighted by Gasteiger charge is 2.35.